The van der Waals surface area contributed by atoms with Gasteiger partial charge in [0.1, 0.15) is 0 Å². The van der Waals surface area contributed by atoms with E-state index in [2.05, 4.69) is 13.8 Å². The number of aliphatic hydroxyl groups is 2. The predicted octanol–water partition coefficient (Wildman–Crippen LogP) is 4.13. The van der Waals surface area contributed by atoms with Crippen molar-refractivity contribution >= 4 is 0 Å². The second-order valence-corrected chi connectivity index (χ2v) is 6.60. The van der Waals surface area contributed by atoms with Crippen molar-refractivity contribution in [2.45, 2.75) is 116 Å². The number of unbranched alkanes of at least 4 members (excludes halogenated alkanes) is 6. The fourth-order valence-corrected chi connectivity index (χ4v) is 3.00. The van der Waals surface area contributed by atoms with Crippen LogP contribution in [0.25, 0.3) is 0 Å². The molecular weight excluding hydrogens is 280 g/mol. The van der Waals surface area contributed by atoms with Gasteiger partial charge in [0.2, 0.25) is 0 Å². The third-order valence-electron chi connectivity index (χ3n) is 4.35. The zero-order valence-electron chi connectivity index (χ0n) is 14.5. The molecule has 0 aromatic carbocycles. The molecule has 4 atom stereocenters. The first kappa shape index (κ1) is 19.9. The van der Waals surface area contributed by atoms with E-state index >= 15 is 0 Å². The minimum atomic E-state index is -0.748. The molecule has 4 unspecified atom stereocenters. The average molecular weight is 316 g/mol. The highest BCUT2D eigenvalue weighted by molar-refractivity contribution is 4.69. The van der Waals surface area contributed by atoms with E-state index in [0.717, 1.165) is 25.7 Å². The van der Waals surface area contributed by atoms with Crippen LogP contribution in [0.1, 0.15) is 90.9 Å². The van der Waals surface area contributed by atoms with Crippen molar-refractivity contribution in [3.63, 3.8) is 0 Å². The summed E-state index contributed by atoms with van der Waals surface area (Å²) in [5, 5.41) is 19.9. The molecule has 0 radical (unpaired) electrons. The maximum Gasteiger partial charge on any atom is 0.163 e. The first-order valence-corrected chi connectivity index (χ1v) is 9.32. The Labute approximate surface area is 136 Å². The highest BCUT2D eigenvalue weighted by Crippen LogP contribution is 2.25. The second kappa shape index (κ2) is 12.3. The molecule has 2 N–H and O–H groups in total. The molecule has 0 aliphatic carbocycles. The summed E-state index contributed by atoms with van der Waals surface area (Å²) in [5.74, 6) is 0. The van der Waals surface area contributed by atoms with Crippen LogP contribution in [0.5, 0.6) is 0 Å². The molecule has 0 aromatic rings. The number of rotatable bonds is 12. The van der Waals surface area contributed by atoms with Crippen LogP contribution in [-0.4, -0.2) is 35.0 Å². The minimum Gasteiger partial charge on any atom is -0.393 e. The van der Waals surface area contributed by atoms with Gasteiger partial charge in [-0.25, -0.2) is 0 Å². The van der Waals surface area contributed by atoms with Crippen LogP contribution >= 0.6 is 0 Å². The summed E-state index contributed by atoms with van der Waals surface area (Å²) in [6, 6.07) is 0. The Morgan fingerprint density at radius 2 is 1.64 bits per heavy atom. The molecule has 0 bridgehead atoms. The Hall–Kier alpha value is -0.160. The fourth-order valence-electron chi connectivity index (χ4n) is 3.00. The topological polar surface area (TPSA) is 58.9 Å². The van der Waals surface area contributed by atoms with Crippen molar-refractivity contribution in [3.8, 4) is 0 Å². The number of hydrogen-bond donors (Lipinski definition) is 2. The van der Waals surface area contributed by atoms with Gasteiger partial charge in [0.05, 0.1) is 12.2 Å². The molecule has 1 rings (SSSR count). The van der Waals surface area contributed by atoms with Crippen LogP contribution in [0.3, 0.4) is 0 Å². The molecule has 1 aliphatic rings. The quantitative estimate of drug-likeness (QED) is 0.532. The van der Waals surface area contributed by atoms with Gasteiger partial charge in [-0.2, -0.15) is 0 Å². The third kappa shape index (κ3) is 9.09. The van der Waals surface area contributed by atoms with Crippen LogP contribution < -0.4 is 0 Å². The number of ether oxygens (including phenoxy) is 2. The monoisotopic (exact) mass is 316 g/mol. The molecule has 1 heterocycles. The van der Waals surface area contributed by atoms with E-state index in [1.807, 2.05) is 0 Å². The molecule has 1 fully saturated rings. The van der Waals surface area contributed by atoms with Crippen LogP contribution in [0.4, 0.5) is 0 Å². The molecule has 4 nitrogen and oxygen atoms in total. The standard InChI is InChI=1S/C18H36O4/c1-3-5-7-9-11-15(19)13-18-21-16(14-17(20)22-18)12-10-8-6-4-2/h15-20H,3-14H2,1-2H3. The number of aliphatic hydroxyl groups excluding tert-OH is 2. The Morgan fingerprint density at radius 3 is 2.32 bits per heavy atom. The summed E-state index contributed by atoms with van der Waals surface area (Å²) < 4.78 is 11.3. The van der Waals surface area contributed by atoms with Gasteiger partial charge in [-0.15, -0.1) is 0 Å². The van der Waals surface area contributed by atoms with Crippen molar-refractivity contribution in [2.24, 2.45) is 0 Å². The summed E-state index contributed by atoms with van der Waals surface area (Å²) in [7, 11) is 0. The van der Waals surface area contributed by atoms with E-state index < -0.39 is 18.7 Å². The number of hydrogen-bond acceptors (Lipinski definition) is 4. The first-order chi connectivity index (χ1) is 10.7. The molecule has 0 spiro atoms. The maximum atomic E-state index is 10.1. The van der Waals surface area contributed by atoms with Gasteiger partial charge in [0, 0.05) is 12.8 Å². The van der Waals surface area contributed by atoms with E-state index in [4.69, 9.17) is 9.47 Å². The smallest absolute Gasteiger partial charge is 0.163 e. The molecule has 1 saturated heterocycles. The van der Waals surface area contributed by atoms with E-state index in [9.17, 15) is 10.2 Å². The lowest BCUT2D eigenvalue weighted by Gasteiger charge is -2.34. The zero-order chi connectivity index (χ0) is 16.2. The van der Waals surface area contributed by atoms with E-state index in [1.165, 1.54) is 38.5 Å². The first-order valence-electron chi connectivity index (χ1n) is 9.32. The van der Waals surface area contributed by atoms with Crippen molar-refractivity contribution in [1.82, 2.24) is 0 Å². The molecule has 0 saturated carbocycles. The average Bonchev–Trinajstić information content (AvgIpc) is 2.48. The zero-order valence-corrected chi connectivity index (χ0v) is 14.5. The second-order valence-electron chi connectivity index (χ2n) is 6.60. The molecular formula is C18H36O4. The van der Waals surface area contributed by atoms with Crippen molar-refractivity contribution in [3.05, 3.63) is 0 Å². The van der Waals surface area contributed by atoms with Crippen molar-refractivity contribution < 1.29 is 19.7 Å². The Balaban J connectivity index is 2.21. The van der Waals surface area contributed by atoms with E-state index in [1.54, 1.807) is 0 Å². The lowest BCUT2D eigenvalue weighted by molar-refractivity contribution is -0.300. The Kier molecular flexibility index (Phi) is 11.1. The highest BCUT2D eigenvalue weighted by atomic mass is 16.7. The van der Waals surface area contributed by atoms with Gasteiger partial charge in [0.25, 0.3) is 0 Å². The van der Waals surface area contributed by atoms with Crippen molar-refractivity contribution in [1.29, 1.82) is 0 Å². The lowest BCUT2D eigenvalue weighted by Crippen LogP contribution is -2.39. The molecule has 1 aliphatic heterocycles. The van der Waals surface area contributed by atoms with Crippen LogP contribution in [0.15, 0.2) is 0 Å². The SMILES string of the molecule is CCCCCCC(O)CC1OC(O)CC(CCCCCC)O1. The molecule has 0 amide bonds. The van der Waals surface area contributed by atoms with Crippen LogP contribution in [0, 0.1) is 0 Å². The Morgan fingerprint density at radius 1 is 0.955 bits per heavy atom. The minimum absolute atomic E-state index is 0.0675. The summed E-state index contributed by atoms with van der Waals surface area (Å²) in [6.07, 6.45) is 10.7. The Bertz CT molecular complexity index is 257. The van der Waals surface area contributed by atoms with E-state index in [0.29, 0.717) is 12.8 Å². The van der Waals surface area contributed by atoms with Crippen LogP contribution in [-0.2, 0) is 9.47 Å². The molecule has 132 valence electrons. The largest absolute Gasteiger partial charge is 0.393 e. The highest BCUT2D eigenvalue weighted by Gasteiger charge is 2.29. The lowest BCUT2D eigenvalue weighted by atomic mass is 10.0. The van der Waals surface area contributed by atoms with E-state index in [-0.39, 0.29) is 6.10 Å². The molecule has 4 heteroatoms. The van der Waals surface area contributed by atoms with Gasteiger partial charge in [-0.1, -0.05) is 65.2 Å². The summed E-state index contributed by atoms with van der Waals surface area (Å²) in [6.45, 7) is 4.38. The van der Waals surface area contributed by atoms with Gasteiger partial charge in [-0.3, -0.25) is 0 Å². The van der Waals surface area contributed by atoms with Crippen LogP contribution in [0.2, 0.25) is 0 Å². The summed E-state index contributed by atoms with van der Waals surface area (Å²) >= 11 is 0. The summed E-state index contributed by atoms with van der Waals surface area (Å²) in [5.41, 5.74) is 0. The van der Waals surface area contributed by atoms with Crippen molar-refractivity contribution in [2.75, 3.05) is 0 Å². The van der Waals surface area contributed by atoms with Gasteiger partial charge < -0.3 is 19.7 Å². The predicted molar refractivity (Wildman–Crippen MR) is 88.5 cm³/mol. The van der Waals surface area contributed by atoms with Gasteiger partial charge in [0.15, 0.2) is 12.6 Å². The van der Waals surface area contributed by atoms with Gasteiger partial charge >= 0.3 is 0 Å². The van der Waals surface area contributed by atoms with Gasteiger partial charge in [-0.05, 0) is 12.8 Å². The third-order valence-corrected chi connectivity index (χ3v) is 4.35. The fraction of sp³-hybridized carbons (Fsp3) is 1.00. The molecule has 22 heavy (non-hydrogen) atoms. The normalized spacial score (nSPS) is 27.0. The maximum absolute atomic E-state index is 10.1. The molecule has 0 aromatic heterocycles. The summed E-state index contributed by atoms with van der Waals surface area (Å²) in [4.78, 5) is 0.